The molecule has 0 aliphatic heterocycles. The van der Waals surface area contributed by atoms with E-state index in [1.165, 1.54) is 33.4 Å². The van der Waals surface area contributed by atoms with Gasteiger partial charge in [-0.25, -0.2) is 29.9 Å². The lowest BCUT2D eigenvalue weighted by atomic mass is 9.96. The molecular formula is C69H50N8. The molecule has 0 unspecified atom stereocenters. The van der Waals surface area contributed by atoms with Gasteiger partial charge in [-0.05, 0) is 104 Å². The fourth-order valence-corrected chi connectivity index (χ4v) is 10.7. The Kier molecular flexibility index (Phi) is 11.9. The van der Waals surface area contributed by atoms with Crippen molar-refractivity contribution in [1.82, 2.24) is 39.5 Å². The highest BCUT2D eigenvalue weighted by Gasteiger charge is 2.24. The maximum Gasteiger partial charge on any atom is 0.166 e. The van der Waals surface area contributed by atoms with Gasteiger partial charge in [-0.3, -0.25) is 4.98 Å². The predicted molar refractivity (Wildman–Crippen MR) is 313 cm³/mol. The van der Waals surface area contributed by atoms with E-state index in [0.717, 1.165) is 83.1 Å². The summed E-state index contributed by atoms with van der Waals surface area (Å²) >= 11 is 0. The predicted octanol–water partition coefficient (Wildman–Crippen LogP) is 16.8. The van der Waals surface area contributed by atoms with Crippen LogP contribution in [0.5, 0.6) is 0 Å². The third kappa shape index (κ3) is 9.12. The fraction of sp³-hybridized carbons (Fsp3) is 0.0580. The first-order valence-electron chi connectivity index (χ1n) is 25.9. The van der Waals surface area contributed by atoms with Gasteiger partial charge < -0.3 is 4.57 Å². The molecule has 13 rings (SSSR count). The average Bonchev–Trinajstić information content (AvgIpc) is 3.98. The number of aromatic nitrogens is 8. The maximum atomic E-state index is 5.25. The molecule has 77 heavy (non-hydrogen) atoms. The van der Waals surface area contributed by atoms with E-state index in [4.69, 9.17) is 34.9 Å². The zero-order chi connectivity index (χ0) is 52.0. The van der Waals surface area contributed by atoms with E-state index in [1.54, 1.807) is 0 Å². The van der Waals surface area contributed by atoms with Crippen LogP contribution in [0.2, 0.25) is 0 Å². The van der Waals surface area contributed by atoms with Crippen molar-refractivity contribution in [2.45, 2.75) is 27.7 Å². The second-order valence-corrected chi connectivity index (χ2v) is 19.8. The van der Waals surface area contributed by atoms with Crippen molar-refractivity contribution < 1.29 is 0 Å². The second kappa shape index (κ2) is 19.7. The van der Waals surface area contributed by atoms with E-state index in [0.29, 0.717) is 34.9 Å². The molecule has 4 heterocycles. The van der Waals surface area contributed by atoms with E-state index in [9.17, 15) is 0 Å². The molecule has 0 saturated carbocycles. The fourth-order valence-electron chi connectivity index (χ4n) is 10.7. The van der Waals surface area contributed by atoms with Crippen LogP contribution in [0, 0.1) is 27.7 Å². The molecule has 0 aliphatic carbocycles. The quantitative estimate of drug-likeness (QED) is 0.135. The highest BCUT2D eigenvalue weighted by atomic mass is 15.0. The van der Waals surface area contributed by atoms with Crippen LogP contribution < -0.4 is 0 Å². The van der Waals surface area contributed by atoms with Crippen LogP contribution in [-0.4, -0.2) is 39.5 Å². The zero-order valence-corrected chi connectivity index (χ0v) is 43.0. The molecule has 0 amide bonds. The Morgan fingerprint density at radius 3 is 1.06 bits per heavy atom. The number of hydrogen-bond donors (Lipinski definition) is 0. The van der Waals surface area contributed by atoms with E-state index in [1.807, 2.05) is 134 Å². The zero-order valence-electron chi connectivity index (χ0n) is 43.0. The summed E-state index contributed by atoms with van der Waals surface area (Å²) < 4.78 is 2.40. The van der Waals surface area contributed by atoms with Gasteiger partial charge in [0.25, 0.3) is 0 Å². The molecule has 4 aromatic heterocycles. The van der Waals surface area contributed by atoms with Crippen molar-refractivity contribution in [2.24, 2.45) is 0 Å². The van der Waals surface area contributed by atoms with Crippen molar-refractivity contribution in [3.8, 4) is 107 Å². The lowest BCUT2D eigenvalue weighted by Gasteiger charge is -2.18. The van der Waals surface area contributed by atoms with Gasteiger partial charge in [-0.1, -0.05) is 192 Å². The van der Waals surface area contributed by atoms with Gasteiger partial charge in [0.1, 0.15) is 0 Å². The van der Waals surface area contributed by atoms with Gasteiger partial charge in [0, 0.05) is 62.1 Å². The van der Waals surface area contributed by atoms with Crippen molar-refractivity contribution in [2.75, 3.05) is 0 Å². The van der Waals surface area contributed by atoms with Crippen LogP contribution in [0.3, 0.4) is 0 Å². The number of hydrogen-bond acceptors (Lipinski definition) is 7. The molecule has 0 radical (unpaired) electrons. The Morgan fingerprint density at radius 2 is 0.649 bits per heavy atom. The maximum absolute atomic E-state index is 5.25. The molecule has 0 bridgehead atoms. The lowest BCUT2D eigenvalue weighted by Crippen LogP contribution is -2.04. The number of aryl methyl sites for hydroxylation is 4. The van der Waals surface area contributed by atoms with Gasteiger partial charge in [0.15, 0.2) is 34.9 Å². The minimum absolute atomic E-state index is 0.494. The summed E-state index contributed by atoms with van der Waals surface area (Å²) in [6, 6.07) is 76.3. The second-order valence-electron chi connectivity index (χ2n) is 19.8. The van der Waals surface area contributed by atoms with E-state index < -0.39 is 0 Å². The molecule has 9 aromatic carbocycles. The van der Waals surface area contributed by atoms with Gasteiger partial charge in [0.2, 0.25) is 0 Å². The highest BCUT2D eigenvalue weighted by molar-refractivity contribution is 6.12. The number of pyridine rings is 1. The van der Waals surface area contributed by atoms with Crippen molar-refractivity contribution in [1.29, 1.82) is 0 Å². The number of benzene rings is 9. The van der Waals surface area contributed by atoms with Gasteiger partial charge >= 0.3 is 0 Å². The van der Waals surface area contributed by atoms with Crippen LogP contribution in [0.25, 0.3) is 129 Å². The van der Waals surface area contributed by atoms with Crippen LogP contribution in [0.1, 0.15) is 22.3 Å². The number of rotatable bonds is 10. The normalized spacial score (nSPS) is 11.4. The molecular weight excluding hydrogens is 941 g/mol. The third-order valence-electron chi connectivity index (χ3n) is 14.1. The summed E-state index contributed by atoms with van der Waals surface area (Å²) in [4.78, 5) is 35.8. The highest BCUT2D eigenvalue weighted by Crippen LogP contribution is 2.43. The number of nitrogens with zero attached hydrogens (tertiary/aromatic N) is 8. The largest absolute Gasteiger partial charge is 0.309 e. The Morgan fingerprint density at radius 1 is 0.273 bits per heavy atom. The van der Waals surface area contributed by atoms with E-state index >= 15 is 0 Å². The van der Waals surface area contributed by atoms with Crippen LogP contribution in [0.15, 0.2) is 231 Å². The molecule has 8 nitrogen and oxygen atoms in total. The molecule has 8 heteroatoms. The molecule has 0 fully saturated rings. The van der Waals surface area contributed by atoms with Crippen molar-refractivity contribution in [3.05, 3.63) is 253 Å². The first-order chi connectivity index (χ1) is 37.8. The lowest BCUT2D eigenvalue weighted by molar-refractivity contribution is 1.07. The summed E-state index contributed by atoms with van der Waals surface area (Å²) in [6.45, 7) is 8.66. The van der Waals surface area contributed by atoms with Crippen molar-refractivity contribution >= 4 is 21.8 Å². The smallest absolute Gasteiger partial charge is 0.166 e. The Hall–Kier alpha value is -10.1. The SMILES string of the molecule is Cc1cc(C)cc(-c2ccc3c(c2)c2cc(-c4cc(C)cc(C)c4)ccc2n3-c2ccc(-c3nc(-c4ccccc4)nc(-c4ccccc4)n3)cc2-c2ccncc2-c2nc(-c3ccccc3)nc(-c3ccccc3)n2)c1. The van der Waals surface area contributed by atoms with Crippen LogP contribution in [0.4, 0.5) is 0 Å². The topological polar surface area (TPSA) is 95.2 Å². The third-order valence-corrected chi connectivity index (χ3v) is 14.1. The first-order valence-corrected chi connectivity index (χ1v) is 25.9. The van der Waals surface area contributed by atoms with Crippen LogP contribution in [-0.2, 0) is 0 Å². The Bertz CT molecular complexity index is 4100. The number of fused-ring (bicyclic) bond motifs is 3. The van der Waals surface area contributed by atoms with Crippen molar-refractivity contribution in [3.63, 3.8) is 0 Å². The molecule has 366 valence electrons. The summed E-state index contributed by atoms with van der Waals surface area (Å²) in [7, 11) is 0. The average molecular weight is 991 g/mol. The molecule has 0 spiro atoms. The standard InChI is InChI=1S/C69H50N8/c1-43-33-44(2)36-54(35-43)51-25-28-62-58(39-51)59-40-52(55-37-45(3)34-46(4)38-55)26-29-63(59)77(62)61-30-27-53(68-73-64(47-17-9-5-10-18-47)71-65(74-68)48-19-11-6-12-20-48)41-57(61)56-31-32-70-42-60(56)69-75-66(49-21-13-7-14-22-49)72-67(76-69)50-23-15-8-16-24-50/h5-42H,1-4H3. The summed E-state index contributed by atoms with van der Waals surface area (Å²) in [5.74, 6) is 3.32. The molecule has 0 N–H and O–H groups in total. The van der Waals surface area contributed by atoms with Crippen LogP contribution >= 0.6 is 0 Å². The summed E-state index contributed by atoms with van der Waals surface area (Å²) in [5, 5.41) is 2.28. The minimum Gasteiger partial charge on any atom is -0.309 e. The van der Waals surface area contributed by atoms with Gasteiger partial charge in [-0.2, -0.15) is 0 Å². The monoisotopic (exact) mass is 990 g/mol. The van der Waals surface area contributed by atoms with Gasteiger partial charge in [-0.15, -0.1) is 0 Å². The Balaban J connectivity index is 1.10. The van der Waals surface area contributed by atoms with E-state index in [-0.39, 0.29) is 0 Å². The first kappa shape index (κ1) is 46.7. The molecule has 0 atom stereocenters. The Labute approximate surface area is 447 Å². The minimum atomic E-state index is 0.494. The molecule has 0 saturated heterocycles. The van der Waals surface area contributed by atoms with Gasteiger partial charge in [0.05, 0.1) is 16.7 Å². The summed E-state index contributed by atoms with van der Waals surface area (Å²) in [6.07, 6.45) is 3.71. The molecule has 0 aliphatic rings. The molecule has 13 aromatic rings. The summed E-state index contributed by atoms with van der Waals surface area (Å²) in [5.41, 5.74) is 19.5. The van der Waals surface area contributed by atoms with E-state index in [2.05, 4.69) is 129 Å².